The molecule has 1 aliphatic heterocycles. The number of fused-ring (bicyclic) bond motifs is 1. The second kappa shape index (κ2) is 6.34. The average molecular weight is 312 g/mol. The van der Waals surface area contributed by atoms with Crippen molar-refractivity contribution in [2.75, 3.05) is 20.6 Å². The van der Waals surface area contributed by atoms with Gasteiger partial charge in [-0.1, -0.05) is 24.3 Å². The summed E-state index contributed by atoms with van der Waals surface area (Å²) < 4.78 is 0. The van der Waals surface area contributed by atoms with Crippen LogP contribution >= 0.6 is 0 Å². The Balaban J connectivity index is 1.72. The highest BCUT2D eigenvalue weighted by atomic mass is 16.2. The maximum atomic E-state index is 12.4. The van der Waals surface area contributed by atoms with Crippen molar-refractivity contribution in [1.82, 2.24) is 19.8 Å². The number of H-pyrrole nitrogens is 1. The Labute approximate surface area is 134 Å². The lowest BCUT2D eigenvalue weighted by atomic mass is 9.94. The molecule has 23 heavy (non-hydrogen) atoms. The predicted octanol–water partition coefficient (Wildman–Crippen LogP) is 0.899. The molecule has 120 valence electrons. The fraction of sp³-hybridized carbons (Fsp3) is 0.353. The molecular weight excluding hydrogens is 292 g/mol. The van der Waals surface area contributed by atoms with Crippen LogP contribution in [0.25, 0.3) is 0 Å². The lowest BCUT2D eigenvalue weighted by Gasteiger charge is -2.36. The van der Waals surface area contributed by atoms with Crippen molar-refractivity contribution >= 4 is 5.91 Å². The Hall–Kier alpha value is -2.47. The van der Waals surface area contributed by atoms with E-state index in [4.69, 9.17) is 0 Å². The van der Waals surface area contributed by atoms with Gasteiger partial charge in [0, 0.05) is 26.2 Å². The van der Waals surface area contributed by atoms with Crippen LogP contribution in [-0.2, 0) is 13.0 Å². The number of amides is 1. The molecule has 1 atom stereocenters. The van der Waals surface area contributed by atoms with Gasteiger partial charge in [0.25, 0.3) is 11.5 Å². The summed E-state index contributed by atoms with van der Waals surface area (Å²) in [7, 11) is 3.83. The van der Waals surface area contributed by atoms with Gasteiger partial charge in [-0.2, -0.15) is 0 Å². The largest absolute Gasteiger partial charge is 0.339 e. The van der Waals surface area contributed by atoms with Gasteiger partial charge in [0.05, 0.1) is 12.4 Å². The summed E-state index contributed by atoms with van der Waals surface area (Å²) in [5, 5.41) is 0. The Morgan fingerprint density at radius 3 is 2.83 bits per heavy atom. The molecule has 0 spiro atoms. The standard InChI is InChI=1S/C17H20N4O2/c1-20-10-13-6-4-3-5-12(13)7-14(20)11-21(2)17(23)15-8-18-9-16(22)19-15/h3-6,8-9,14H,7,10-11H2,1-2H3,(H,19,22)/t14-/m0/s1. The highest BCUT2D eigenvalue weighted by molar-refractivity contribution is 5.91. The number of aromatic nitrogens is 2. The highest BCUT2D eigenvalue weighted by Crippen LogP contribution is 2.22. The molecule has 0 unspecified atom stereocenters. The number of rotatable bonds is 3. The van der Waals surface area contributed by atoms with Crippen LogP contribution in [0.3, 0.4) is 0 Å². The van der Waals surface area contributed by atoms with Crippen molar-refractivity contribution in [3.63, 3.8) is 0 Å². The van der Waals surface area contributed by atoms with Crippen LogP contribution in [0, 0.1) is 0 Å². The minimum atomic E-state index is -0.368. The molecular formula is C17H20N4O2. The van der Waals surface area contributed by atoms with Gasteiger partial charge in [0.1, 0.15) is 5.69 Å². The molecule has 0 saturated carbocycles. The summed E-state index contributed by atoms with van der Waals surface area (Å²) in [5.74, 6) is -0.220. The SMILES string of the molecule is CN(C[C@@H]1Cc2ccccc2CN1C)C(=O)c1cncc(=O)[nH]1. The summed E-state index contributed by atoms with van der Waals surface area (Å²) in [6.45, 7) is 1.48. The third-order valence-electron chi connectivity index (χ3n) is 4.33. The number of likely N-dealkylation sites (N-methyl/N-ethyl adjacent to an activating group) is 2. The van der Waals surface area contributed by atoms with Gasteiger partial charge in [-0.05, 0) is 24.6 Å². The first kappa shape index (κ1) is 15.4. The second-order valence-electron chi connectivity index (χ2n) is 6.04. The third kappa shape index (κ3) is 3.32. The Bertz CT molecular complexity index is 771. The molecule has 1 aliphatic rings. The van der Waals surface area contributed by atoms with E-state index in [1.807, 2.05) is 0 Å². The van der Waals surface area contributed by atoms with Crippen LogP contribution in [-0.4, -0.2) is 52.4 Å². The van der Waals surface area contributed by atoms with E-state index in [9.17, 15) is 9.59 Å². The van der Waals surface area contributed by atoms with E-state index in [0.717, 1.165) is 19.2 Å². The van der Waals surface area contributed by atoms with E-state index >= 15 is 0 Å². The number of aromatic amines is 1. The first-order chi connectivity index (χ1) is 11.0. The van der Waals surface area contributed by atoms with Crippen molar-refractivity contribution in [3.05, 3.63) is 63.8 Å². The first-order valence-corrected chi connectivity index (χ1v) is 7.61. The van der Waals surface area contributed by atoms with Crippen molar-refractivity contribution in [3.8, 4) is 0 Å². The van der Waals surface area contributed by atoms with Crippen molar-refractivity contribution in [1.29, 1.82) is 0 Å². The zero-order valence-electron chi connectivity index (χ0n) is 13.3. The van der Waals surface area contributed by atoms with Crippen LogP contribution in [0.4, 0.5) is 0 Å². The third-order valence-corrected chi connectivity index (χ3v) is 4.33. The number of benzene rings is 1. The molecule has 0 saturated heterocycles. The van der Waals surface area contributed by atoms with Gasteiger partial charge < -0.3 is 9.88 Å². The summed E-state index contributed by atoms with van der Waals surface area (Å²) in [5.41, 5.74) is 2.54. The van der Waals surface area contributed by atoms with E-state index in [1.54, 1.807) is 11.9 Å². The topological polar surface area (TPSA) is 69.3 Å². The number of hydrogen-bond acceptors (Lipinski definition) is 4. The fourth-order valence-corrected chi connectivity index (χ4v) is 3.01. The quantitative estimate of drug-likeness (QED) is 0.914. The van der Waals surface area contributed by atoms with Crippen molar-refractivity contribution in [2.24, 2.45) is 0 Å². The van der Waals surface area contributed by atoms with Gasteiger partial charge in [-0.25, -0.2) is 0 Å². The van der Waals surface area contributed by atoms with E-state index in [1.165, 1.54) is 17.3 Å². The monoisotopic (exact) mass is 312 g/mol. The number of nitrogens with zero attached hydrogens (tertiary/aromatic N) is 3. The molecule has 1 amide bonds. The molecule has 1 aromatic carbocycles. The van der Waals surface area contributed by atoms with E-state index in [0.29, 0.717) is 6.54 Å². The molecule has 2 aromatic rings. The molecule has 2 heterocycles. The van der Waals surface area contributed by atoms with Crippen LogP contribution in [0.15, 0.2) is 41.5 Å². The molecule has 3 rings (SSSR count). The normalized spacial score (nSPS) is 17.6. The number of carbonyl (C=O) groups excluding carboxylic acids is 1. The van der Waals surface area contributed by atoms with E-state index < -0.39 is 0 Å². The van der Waals surface area contributed by atoms with Crippen LogP contribution in [0.5, 0.6) is 0 Å². The van der Waals surface area contributed by atoms with Gasteiger partial charge in [-0.15, -0.1) is 0 Å². The second-order valence-corrected chi connectivity index (χ2v) is 6.04. The fourth-order valence-electron chi connectivity index (χ4n) is 3.01. The maximum absolute atomic E-state index is 12.4. The highest BCUT2D eigenvalue weighted by Gasteiger charge is 2.26. The molecule has 6 nitrogen and oxygen atoms in total. The zero-order chi connectivity index (χ0) is 16.4. The molecule has 0 radical (unpaired) electrons. The predicted molar refractivity (Wildman–Crippen MR) is 87.2 cm³/mol. The van der Waals surface area contributed by atoms with Crippen LogP contribution < -0.4 is 5.56 Å². The van der Waals surface area contributed by atoms with Crippen LogP contribution in [0.1, 0.15) is 21.6 Å². The Morgan fingerprint density at radius 2 is 2.09 bits per heavy atom. The van der Waals surface area contributed by atoms with Gasteiger partial charge in [-0.3, -0.25) is 19.5 Å². The maximum Gasteiger partial charge on any atom is 0.271 e. The summed E-state index contributed by atoms with van der Waals surface area (Å²) in [6, 6.07) is 8.66. The smallest absolute Gasteiger partial charge is 0.271 e. The molecule has 0 aliphatic carbocycles. The average Bonchev–Trinajstić information content (AvgIpc) is 2.54. The zero-order valence-corrected chi connectivity index (χ0v) is 13.3. The summed E-state index contributed by atoms with van der Waals surface area (Å²) in [4.78, 5) is 33.9. The van der Waals surface area contributed by atoms with Gasteiger partial charge in [0.2, 0.25) is 0 Å². The lowest BCUT2D eigenvalue weighted by Crippen LogP contribution is -2.46. The molecule has 6 heteroatoms. The lowest BCUT2D eigenvalue weighted by molar-refractivity contribution is 0.0727. The van der Waals surface area contributed by atoms with Crippen molar-refractivity contribution in [2.45, 2.75) is 19.0 Å². The van der Waals surface area contributed by atoms with Gasteiger partial charge >= 0.3 is 0 Å². The number of nitrogens with one attached hydrogen (secondary N) is 1. The molecule has 1 aromatic heterocycles. The Morgan fingerprint density at radius 1 is 1.35 bits per heavy atom. The van der Waals surface area contributed by atoms with Crippen molar-refractivity contribution < 1.29 is 4.79 Å². The van der Waals surface area contributed by atoms with Crippen LogP contribution in [0.2, 0.25) is 0 Å². The summed E-state index contributed by atoms with van der Waals surface area (Å²) in [6.07, 6.45) is 3.45. The number of hydrogen-bond donors (Lipinski definition) is 1. The van der Waals surface area contributed by atoms with Gasteiger partial charge in [0.15, 0.2) is 0 Å². The molecule has 0 fully saturated rings. The van der Waals surface area contributed by atoms with E-state index in [2.05, 4.69) is 46.2 Å². The molecule has 0 bridgehead atoms. The molecule has 1 N–H and O–H groups in total. The summed E-state index contributed by atoms with van der Waals surface area (Å²) >= 11 is 0. The first-order valence-electron chi connectivity index (χ1n) is 7.61. The number of carbonyl (C=O) groups is 1. The minimum Gasteiger partial charge on any atom is -0.339 e. The minimum absolute atomic E-state index is 0.220. The van der Waals surface area contributed by atoms with E-state index in [-0.39, 0.29) is 23.2 Å². The Kier molecular flexibility index (Phi) is 4.25.